The van der Waals surface area contributed by atoms with Gasteiger partial charge in [0.25, 0.3) is 0 Å². The highest BCUT2D eigenvalue weighted by molar-refractivity contribution is 7.52. The molecule has 14 heteroatoms. The quantitative estimate of drug-likeness (QED) is 0.271. The van der Waals surface area contributed by atoms with Gasteiger partial charge in [0.2, 0.25) is 11.8 Å². The number of imidazole rings is 1. The van der Waals surface area contributed by atoms with Gasteiger partial charge in [0, 0.05) is 5.92 Å². The van der Waals surface area contributed by atoms with Crippen LogP contribution in [0.15, 0.2) is 36.7 Å². The summed E-state index contributed by atoms with van der Waals surface area (Å²) in [6, 6.07) is 7.61. The Balaban J connectivity index is 1.48. The number of carbonyl (C=O) groups excluding carboxylic acids is 1. The second-order valence-corrected chi connectivity index (χ2v) is 12.1. The predicted octanol–water partition coefficient (Wildman–Crippen LogP) is 3.86. The molecule has 3 N–H and O–H groups in total. The van der Waals surface area contributed by atoms with Crippen molar-refractivity contribution in [3.63, 3.8) is 0 Å². The Kier molecular flexibility index (Phi) is 8.45. The summed E-state index contributed by atoms with van der Waals surface area (Å²) in [5.41, 5.74) is 6.08. The molecule has 1 fully saturated rings. The van der Waals surface area contributed by atoms with Gasteiger partial charge in [-0.15, -0.1) is 0 Å². The molecule has 1 saturated heterocycles. The molecule has 212 valence electrons. The molecule has 1 aliphatic heterocycles. The molecular formula is C25H35N6O7P. The second kappa shape index (κ2) is 11.5. The summed E-state index contributed by atoms with van der Waals surface area (Å²) in [5, 5.41) is 2.70. The van der Waals surface area contributed by atoms with Crippen molar-refractivity contribution >= 4 is 30.8 Å². The van der Waals surface area contributed by atoms with E-state index in [0.29, 0.717) is 23.3 Å². The molecule has 3 heterocycles. The molecule has 0 aliphatic carbocycles. The lowest BCUT2D eigenvalue weighted by Crippen LogP contribution is -2.39. The fraction of sp³-hybridized carbons (Fsp3) is 0.520. The first-order chi connectivity index (χ1) is 18.4. The number of carbonyl (C=O) groups is 1. The van der Waals surface area contributed by atoms with Gasteiger partial charge in [-0.05, 0) is 46.2 Å². The lowest BCUT2D eigenvalue weighted by atomic mass is 10.1. The van der Waals surface area contributed by atoms with E-state index in [4.69, 9.17) is 29.0 Å². The lowest BCUT2D eigenvalue weighted by Gasteiger charge is -2.26. The van der Waals surface area contributed by atoms with E-state index in [1.165, 1.54) is 14.0 Å². The number of rotatable bonds is 10. The molecule has 0 bridgehead atoms. The maximum absolute atomic E-state index is 13.8. The Morgan fingerprint density at radius 3 is 2.67 bits per heavy atom. The van der Waals surface area contributed by atoms with Crippen LogP contribution in [0.25, 0.3) is 11.2 Å². The van der Waals surface area contributed by atoms with Crippen molar-refractivity contribution in [2.75, 3.05) is 19.5 Å². The summed E-state index contributed by atoms with van der Waals surface area (Å²) < 4.78 is 44.1. The van der Waals surface area contributed by atoms with E-state index in [-0.39, 0.29) is 24.4 Å². The highest BCUT2D eigenvalue weighted by Gasteiger charge is 2.39. The number of nitrogens with zero attached hydrogens (tertiary/aromatic N) is 4. The third-order valence-electron chi connectivity index (χ3n) is 5.84. The molecule has 1 aromatic carbocycles. The number of anilines is 1. The standard InChI is InChI=1S/C25H35N6O7P/c1-15-12-18(36-22(15)31-14-27-19-20(31)28-24(26)29-21(19)34-6)13-35-39(33,38-17-10-8-7-9-11-17)30-16(2)23(32)37-25(3,4)5/h7-11,14-16,18,22H,12-13H2,1-6H3,(H,30,33)(H2,26,28,29). The average Bonchev–Trinajstić information content (AvgIpc) is 3.44. The maximum atomic E-state index is 13.8. The van der Waals surface area contributed by atoms with Crippen LogP contribution < -0.4 is 20.1 Å². The highest BCUT2D eigenvalue weighted by Crippen LogP contribution is 2.46. The number of ether oxygens (including phenoxy) is 3. The maximum Gasteiger partial charge on any atom is 0.459 e. The van der Waals surface area contributed by atoms with Gasteiger partial charge in [-0.2, -0.15) is 15.1 Å². The zero-order valence-electron chi connectivity index (χ0n) is 22.9. The molecule has 5 unspecified atom stereocenters. The molecule has 1 aliphatic rings. The third-order valence-corrected chi connectivity index (χ3v) is 7.48. The van der Waals surface area contributed by atoms with Crippen LogP contribution in [0.1, 0.15) is 47.3 Å². The van der Waals surface area contributed by atoms with Gasteiger partial charge in [-0.25, -0.2) is 9.55 Å². The van der Waals surface area contributed by atoms with Crippen molar-refractivity contribution in [2.45, 2.75) is 65.0 Å². The number of para-hydroxylation sites is 1. The fourth-order valence-corrected chi connectivity index (χ4v) is 5.69. The topological polar surface area (TPSA) is 162 Å². The number of aromatic nitrogens is 4. The van der Waals surface area contributed by atoms with E-state index in [1.807, 2.05) is 6.92 Å². The molecule has 0 amide bonds. The summed E-state index contributed by atoms with van der Waals surface area (Å²) in [5.74, 6) is 0.0833. The van der Waals surface area contributed by atoms with Crippen LogP contribution >= 0.6 is 7.75 Å². The summed E-state index contributed by atoms with van der Waals surface area (Å²) in [6.45, 7) is 8.75. The molecular weight excluding hydrogens is 527 g/mol. The number of fused-ring (bicyclic) bond motifs is 1. The molecule has 3 aromatic rings. The summed E-state index contributed by atoms with van der Waals surface area (Å²) in [6.07, 6.45) is 1.31. The molecule has 0 saturated carbocycles. The van der Waals surface area contributed by atoms with E-state index < -0.39 is 37.7 Å². The normalized spacial score (nSPS) is 21.8. The third kappa shape index (κ3) is 7.04. The average molecular weight is 563 g/mol. The van der Waals surface area contributed by atoms with Crippen molar-refractivity contribution in [3.05, 3.63) is 36.7 Å². The SMILES string of the molecule is COc1nc(N)nc2c1ncn2C1OC(COP(=O)(NC(C)C(=O)OC(C)(C)C)Oc2ccccc2)CC1C. The second-order valence-electron chi connectivity index (χ2n) is 10.4. The number of methoxy groups -OCH3 is 1. The van der Waals surface area contributed by atoms with Crippen LogP contribution in [0.3, 0.4) is 0 Å². The van der Waals surface area contributed by atoms with E-state index >= 15 is 0 Å². The lowest BCUT2D eigenvalue weighted by molar-refractivity contribution is -0.156. The number of hydrogen-bond acceptors (Lipinski definition) is 11. The van der Waals surface area contributed by atoms with Crippen LogP contribution in [0.2, 0.25) is 0 Å². The van der Waals surface area contributed by atoms with Gasteiger partial charge in [-0.3, -0.25) is 13.9 Å². The Bertz CT molecular complexity index is 1350. The summed E-state index contributed by atoms with van der Waals surface area (Å²) in [4.78, 5) is 25.3. The van der Waals surface area contributed by atoms with Crippen LogP contribution in [0.4, 0.5) is 5.95 Å². The molecule has 2 aromatic heterocycles. The molecule has 0 spiro atoms. The van der Waals surface area contributed by atoms with Gasteiger partial charge in [0.05, 0.1) is 26.1 Å². The minimum Gasteiger partial charge on any atom is -0.479 e. The Morgan fingerprint density at radius 2 is 2.00 bits per heavy atom. The summed E-state index contributed by atoms with van der Waals surface area (Å²) >= 11 is 0. The van der Waals surface area contributed by atoms with E-state index in [0.717, 1.165) is 0 Å². The van der Waals surface area contributed by atoms with Crippen LogP contribution in [0.5, 0.6) is 11.6 Å². The highest BCUT2D eigenvalue weighted by atomic mass is 31.2. The minimum absolute atomic E-state index is 0.0289. The smallest absolute Gasteiger partial charge is 0.459 e. The van der Waals surface area contributed by atoms with Crippen molar-refractivity contribution in [1.29, 1.82) is 0 Å². The zero-order valence-corrected chi connectivity index (χ0v) is 23.8. The van der Waals surface area contributed by atoms with Gasteiger partial charge in [0.1, 0.15) is 23.6 Å². The van der Waals surface area contributed by atoms with Crippen molar-refractivity contribution in [2.24, 2.45) is 5.92 Å². The fourth-order valence-electron chi connectivity index (χ4n) is 4.17. The Hall–Kier alpha value is -3.25. The molecule has 5 atom stereocenters. The minimum atomic E-state index is -4.03. The van der Waals surface area contributed by atoms with Gasteiger partial charge >= 0.3 is 13.7 Å². The largest absolute Gasteiger partial charge is 0.479 e. The first-order valence-corrected chi connectivity index (χ1v) is 14.1. The first kappa shape index (κ1) is 28.8. The van der Waals surface area contributed by atoms with Crippen molar-refractivity contribution < 1.29 is 32.6 Å². The number of benzene rings is 1. The zero-order chi connectivity index (χ0) is 28.4. The number of esters is 1. The van der Waals surface area contributed by atoms with Gasteiger partial charge < -0.3 is 24.5 Å². The Labute approximate surface area is 226 Å². The van der Waals surface area contributed by atoms with E-state index in [1.54, 1.807) is 62.0 Å². The van der Waals surface area contributed by atoms with Crippen LogP contribution in [-0.2, 0) is 23.4 Å². The van der Waals surface area contributed by atoms with E-state index in [9.17, 15) is 9.36 Å². The van der Waals surface area contributed by atoms with E-state index in [2.05, 4.69) is 20.0 Å². The first-order valence-electron chi connectivity index (χ1n) is 12.6. The van der Waals surface area contributed by atoms with Crippen LogP contribution in [0, 0.1) is 5.92 Å². The number of nitrogens with one attached hydrogen (secondary N) is 1. The molecule has 13 nitrogen and oxygen atoms in total. The predicted molar refractivity (Wildman–Crippen MR) is 143 cm³/mol. The van der Waals surface area contributed by atoms with Crippen molar-refractivity contribution in [1.82, 2.24) is 24.6 Å². The van der Waals surface area contributed by atoms with Gasteiger partial charge in [-0.1, -0.05) is 25.1 Å². The summed E-state index contributed by atoms with van der Waals surface area (Å²) in [7, 11) is -2.55. The monoisotopic (exact) mass is 562 g/mol. The number of hydrogen-bond donors (Lipinski definition) is 2. The Morgan fingerprint density at radius 1 is 1.28 bits per heavy atom. The number of nitrogen functional groups attached to an aromatic ring is 1. The van der Waals surface area contributed by atoms with Crippen molar-refractivity contribution in [3.8, 4) is 11.6 Å². The molecule has 0 radical (unpaired) electrons. The van der Waals surface area contributed by atoms with Gasteiger partial charge in [0.15, 0.2) is 11.2 Å². The molecule has 39 heavy (non-hydrogen) atoms. The molecule has 4 rings (SSSR count). The number of nitrogens with two attached hydrogens (primary N) is 1. The van der Waals surface area contributed by atoms with Crippen LogP contribution in [-0.4, -0.2) is 57.0 Å².